The highest BCUT2D eigenvalue weighted by Crippen LogP contribution is 1.98. The van der Waals surface area contributed by atoms with E-state index in [9.17, 15) is 9.90 Å². The second kappa shape index (κ2) is 2.93. The quantitative estimate of drug-likeness (QED) is 0.501. The van der Waals surface area contributed by atoms with E-state index in [1.165, 1.54) is 5.01 Å². The molecular weight excluding hydrogens is 140 g/mol. The molecule has 6 nitrogen and oxygen atoms in total. The van der Waals surface area contributed by atoms with Gasteiger partial charge in [0.05, 0.1) is 6.54 Å². The number of rotatable bonds is 2. The number of nitrogens with one attached hydrogen (secondary N) is 1. The van der Waals surface area contributed by atoms with E-state index >= 15 is 0 Å². The highest BCUT2D eigenvalue weighted by atomic mass is 16.8. The molecule has 1 rings (SSSR count). The minimum Gasteiger partial charge on any atom is -0.480 e. The molecular formula is C4H7N2O4. The van der Waals surface area contributed by atoms with E-state index in [1.54, 1.807) is 0 Å². The fourth-order valence-electron chi connectivity index (χ4n) is 0.648. The first-order valence-electron chi connectivity index (χ1n) is 2.72. The van der Waals surface area contributed by atoms with Crippen LogP contribution in [0.25, 0.3) is 0 Å². The van der Waals surface area contributed by atoms with E-state index in [2.05, 4.69) is 10.4 Å². The van der Waals surface area contributed by atoms with Crippen molar-refractivity contribution < 1.29 is 19.8 Å². The van der Waals surface area contributed by atoms with Crippen LogP contribution in [0, 0.1) is 0 Å². The van der Waals surface area contributed by atoms with Crippen molar-refractivity contribution in [3.05, 3.63) is 0 Å². The zero-order valence-electron chi connectivity index (χ0n) is 5.11. The molecule has 1 radical (unpaired) electrons. The molecule has 1 aliphatic heterocycles. The van der Waals surface area contributed by atoms with Crippen molar-refractivity contribution >= 4 is 5.97 Å². The summed E-state index contributed by atoms with van der Waals surface area (Å²) in [7, 11) is 0. The van der Waals surface area contributed by atoms with Crippen LogP contribution in [0.5, 0.6) is 0 Å². The third-order valence-electron chi connectivity index (χ3n) is 1.01. The number of aliphatic carboxylic acids is 1. The topological polar surface area (TPSA) is 81.7 Å². The van der Waals surface area contributed by atoms with Gasteiger partial charge in [0, 0.05) is 0 Å². The fraction of sp³-hybridized carbons (Fsp3) is 0.750. The van der Waals surface area contributed by atoms with Gasteiger partial charge in [-0.05, 0) is 0 Å². The van der Waals surface area contributed by atoms with E-state index in [0.717, 1.165) is 0 Å². The van der Waals surface area contributed by atoms with Crippen molar-refractivity contribution in [2.24, 2.45) is 0 Å². The van der Waals surface area contributed by atoms with Gasteiger partial charge in [-0.1, -0.05) is 0 Å². The van der Waals surface area contributed by atoms with Crippen LogP contribution in [0.4, 0.5) is 0 Å². The van der Waals surface area contributed by atoms with Gasteiger partial charge in [0.2, 0.25) is 6.29 Å². The number of hydrogen-bond donors (Lipinski definition) is 2. The van der Waals surface area contributed by atoms with Gasteiger partial charge in [0.15, 0.2) is 0 Å². The average Bonchev–Trinajstić information content (AvgIpc) is 2.13. The molecule has 1 aliphatic rings. The normalized spacial score (nSPS) is 27.1. The van der Waals surface area contributed by atoms with E-state index in [-0.39, 0.29) is 13.1 Å². The zero-order valence-corrected chi connectivity index (χ0v) is 5.11. The molecule has 6 heteroatoms. The number of carboxylic acids is 1. The Morgan fingerprint density at radius 3 is 3.00 bits per heavy atom. The van der Waals surface area contributed by atoms with Gasteiger partial charge in [-0.25, -0.2) is 5.01 Å². The Hall–Kier alpha value is -0.690. The SMILES string of the molecule is [O]C1CN(CC(=O)O)NO1. The molecule has 0 aromatic carbocycles. The summed E-state index contributed by atoms with van der Waals surface area (Å²) in [6.07, 6.45) is -1.18. The number of hydrogen-bond acceptors (Lipinski definition) is 4. The molecule has 10 heavy (non-hydrogen) atoms. The highest BCUT2D eigenvalue weighted by molar-refractivity contribution is 5.68. The van der Waals surface area contributed by atoms with Crippen LogP contribution in [0.3, 0.4) is 0 Å². The van der Waals surface area contributed by atoms with Crippen LogP contribution in [0.15, 0.2) is 0 Å². The van der Waals surface area contributed by atoms with Gasteiger partial charge in [-0.15, -0.1) is 5.59 Å². The summed E-state index contributed by atoms with van der Waals surface area (Å²) in [6, 6.07) is 0. The molecule has 1 unspecified atom stereocenters. The Bertz CT molecular complexity index is 139. The molecule has 1 fully saturated rings. The second-order valence-corrected chi connectivity index (χ2v) is 1.91. The minimum atomic E-state index is -1.18. The molecule has 0 aromatic rings. The predicted molar refractivity (Wildman–Crippen MR) is 27.9 cm³/mol. The largest absolute Gasteiger partial charge is 0.480 e. The van der Waals surface area contributed by atoms with E-state index < -0.39 is 12.3 Å². The molecule has 0 spiro atoms. The summed E-state index contributed by atoms with van der Waals surface area (Å²) in [5, 5.41) is 19.8. The number of carbonyl (C=O) groups is 1. The lowest BCUT2D eigenvalue weighted by Crippen LogP contribution is -2.35. The Morgan fingerprint density at radius 1 is 1.90 bits per heavy atom. The standard InChI is InChI=1S/C4H7N2O4/c7-3(8)1-6-2-4(9)10-5-6/h4-5H,1-2H2,(H,7,8). The highest BCUT2D eigenvalue weighted by Gasteiger charge is 2.23. The Morgan fingerprint density at radius 2 is 2.60 bits per heavy atom. The monoisotopic (exact) mass is 147 g/mol. The molecule has 1 heterocycles. The third-order valence-corrected chi connectivity index (χ3v) is 1.01. The van der Waals surface area contributed by atoms with Crippen molar-refractivity contribution in [2.75, 3.05) is 13.1 Å². The Balaban J connectivity index is 2.24. The first-order chi connectivity index (χ1) is 4.68. The van der Waals surface area contributed by atoms with Gasteiger partial charge in [-0.3, -0.25) is 9.63 Å². The van der Waals surface area contributed by atoms with Crippen LogP contribution in [0.2, 0.25) is 0 Å². The van der Waals surface area contributed by atoms with Gasteiger partial charge >= 0.3 is 5.97 Å². The van der Waals surface area contributed by atoms with Crippen molar-refractivity contribution in [3.8, 4) is 0 Å². The van der Waals surface area contributed by atoms with E-state index in [0.29, 0.717) is 0 Å². The molecule has 1 atom stereocenters. The lowest BCUT2D eigenvalue weighted by atomic mass is 10.5. The summed E-state index contributed by atoms with van der Waals surface area (Å²) in [5.41, 5.74) is 2.18. The molecule has 0 bridgehead atoms. The Kier molecular flexibility index (Phi) is 2.17. The number of carboxylic acid groups (broad SMARTS) is 1. The van der Waals surface area contributed by atoms with Crippen LogP contribution in [-0.2, 0) is 14.7 Å². The first-order valence-corrected chi connectivity index (χ1v) is 2.72. The summed E-state index contributed by atoms with van der Waals surface area (Å²) in [4.78, 5) is 14.3. The van der Waals surface area contributed by atoms with Gasteiger partial charge < -0.3 is 5.11 Å². The lowest BCUT2D eigenvalue weighted by Gasteiger charge is -2.07. The maximum atomic E-state index is 10.4. The minimum absolute atomic E-state index is 0.0618. The molecule has 0 amide bonds. The first kappa shape index (κ1) is 7.42. The van der Waals surface area contributed by atoms with Crippen molar-refractivity contribution in [3.63, 3.8) is 0 Å². The van der Waals surface area contributed by atoms with Gasteiger partial charge in [-0.2, -0.15) is 5.11 Å². The van der Waals surface area contributed by atoms with Gasteiger partial charge in [0.25, 0.3) is 0 Å². The smallest absolute Gasteiger partial charge is 0.319 e. The molecule has 57 valence electrons. The Labute approximate surface area is 56.9 Å². The third kappa shape index (κ3) is 1.92. The van der Waals surface area contributed by atoms with Crippen LogP contribution in [0.1, 0.15) is 0 Å². The van der Waals surface area contributed by atoms with Crippen LogP contribution in [-0.4, -0.2) is 35.5 Å². The van der Waals surface area contributed by atoms with Crippen molar-refractivity contribution in [1.82, 2.24) is 10.6 Å². The predicted octanol–water partition coefficient (Wildman–Crippen LogP) is -1.42. The van der Waals surface area contributed by atoms with Gasteiger partial charge in [0.1, 0.15) is 6.54 Å². The lowest BCUT2D eigenvalue weighted by molar-refractivity contribution is -0.150. The van der Waals surface area contributed by atoms with Crippen molar-refractivity contribution in [2.45, 2.75) is 6.29 Å². The zero-order chi connectivity index (χ0) is 7.56. The molecule has 0 aliphatic carbocycles. The molecule has 0 aromatic heterocycles. The maximum absolute atomic E-state index is 10.4. The summed E-state index contributed by atoms with van der Waals surface area (Å²) in [6.45, 7) is -0.162. The van der Waals surface area contributed by atoms with Crippen LogP contribution >= 0.6 is 0 Å². The molecule has 0 saturated carbocycles. The maximum Gasteiger partial charge on any atom is 0.319 e. The summed E-state index contributed by atoms with van der Waals surface area (Å²) < 4.78 is 0. The molecule has 1 saturated heterocycles. The van der Waals surface area contributed by atoms with Crippen LogP contribution < -0.4 is 5.59 Å². The second-order valence-electron chi connectivity index (χ2n) is 1.91. The number of hydrazine groups is 1. The average molecular weight is 147 g/mol. The summed E-state index contributed by atoms with van der Waals surface area (Å²) in [5.74, 6) is -0.995. The van der Waals surface area contributed by atoms with Crippen molar-refractivity contribution in [1.29, 1.82) is 0 Å². The number of nitrogens with zero attached hydrogens (tertiary/aromatic N) is 1. The fourth-order valence-corrected chi connectivity index (χ4v) is 0.648. The van der Waals surface area contributed by atoms with E-state index in [1.807, 2.05) is 0 Å². The van der Waals surface area contributed by atoms with E-state index in [4.69, 9.17) is 5.11 Å². The summed E-state index contributed by atoms with van der Waals surface area (Å²) >= 11 is 0. The molecule has 2 N–H and O–H groups in total.